The summed E-state index contributed by atoms with van der Waals surface area (Å²) in [5.74, 6) is 0.891. The molecule has 4 rings (SSSR count). The van der Waals surface area contributed by atoms with Crippen LogP contribution in [0.4, 0.5) is 5.95 Å². The molecule has 1 amide bonds. The molecule has 0 atom stereocenters. The van der Waals surface area contributed by atoms with Crippen molar-refractivity contribution in [3.63, 3.8) is 0 Å². The fraction of sp³-hybridized carbons (Fsp3) is 0.188. The van der Waals surface area contributed by atoms with E-state index in [0.717, 1.165) is 11.0 Å². The van der Waals surface area contributed by atoms with Crippen LogP contribution in [0.15, 0.2) is 53.2 Å². The topological polar surface area (TPSA) is 71.3 Å². The summed E-state index contributed by atoms with van der Waals surface area (Å²) in [5.41, 5.74) is 0.735. The molecule has 3 aromatic rings. The van der Waals surface area contributed by atoms with Crippen LogP contribution in [0.25, 0.3) is 11.0 Å². The summed E-state index contributed by atoms with van der Waals surface area (Å²) in [6.45, 7) is 1.24. The van der Waals surface area contributed by atoms with Crippen molar-refractivity contribution >= 4 is 22.8 Å². The molecule has 0 spiro atoms. The molecule has 0 bridgehead atoms. The molecule has 0 radical (unpaired) electrons. The smallest absolute Gasteiger partial charge is 0.289 e. The molecule has 1 fully saturated rings. The van der Waals surface area contributed by atoms with Crippen LogP contribution in [-0.4, -0.2) is 39.9 Å². The van der Waals surface area contributed by atoms with Crippen LogP contribution in [0.3, 0.4) is 0 Å². The van der Waals surface area contributed by atoms with E-state index in [9.17, 15) is 4.79 Å². The van der Waals surface area contributed by atoms with Crippen molar-refractivity contribution in [2.75, 3.05) is 18.4 Å². The van der Waals surface area contributed by atoms with Crippen LogP contribution >= 0.6 is 0 Å². The lowest BCUT2D eigenvalue weighted by Crippen LogP contribution is -2.57. The number of likely N-dealkylation sites (tertiary alicyclic amines) is 1. The standard InChI is InChI=1S/C16H14N4O2/c21-15(14-8-11-4-1-2-5-13(11)22-14)20-9-12(10-20)19-16-17-6-3-7-18-16/h1-8,12H,9-10H2,(H,17,18,19). The summed E-state index contributed by atoms with van der Waals surface area (Å²) < 4.78 is 5.60. The Morgan fingerprint density at radius 1 is 1.18 bits per heavy atom. The first-order valence-corrected chi connectivity index (χ1v) is 7.11. The number of benzene rings is 1. The first kappa shape index (κ1) is 12.8. The average molecular weight is 294 g/mol. The third kappa shape index (κ3) is 2.28. The van der Waals surface area contributed by atoms with E-state index in [0.29, 0.717) is 24.8 Å². The Hall–Kier alpha value is -2.89. The SMILES string of the molecule is O=C(c1cc2ccccc2o1)N1CC(Nc2ncccn2)C1. The molecule has 6 heteroatoms. The van der Waals surface area contributed by atoms with Crippen LogP contribution in [0, 0.1) is 0 Å². The van der Waals surface area contributed by atoms with Crippen LogP contribution < -0.4 is 5.32 Å². The number of carbonyl (C=O) groups excluding carboxylic acids is 1. The van der Waals surface area contributed by atoms with Crippen molar-refractivity contribution < 1.29 is 9.21 Å². The summed E-state index contributed by atoms with van der Waals surface area (Å²) in [7, 11) is 0. The molecule has 1 aliphatic rings. The minimum atomic E-state index is -0.0803. The normalized spacial score (nSPS) is 14.8. The summed E-state index contributed by atoms with van der Waals surface area (Å²) >= 11 is 0. The third-order valence-corrected chi connectivity index (χ3v) is 3.70. The zero-order chi connectivity index (χ0) is 14.9. The number of hydrogen-bond acceptors (Lipinski definition) is 5. The number of rotatable bonds is 3. The van der Waals surface area contributed by atoms with E-state index in [4.69, 9.17) is 4.42 Å². The largest absolute Gasteiger partial charge is 0.451 e. The zero-order valence-corrected chi connectivity index (χ0v) is 11.8. The number of hydrogen-bond donors (Lipinski definition) is 1. The second-order valence-corrected chi connectivity index (χ2v) is 5.27. The molecule has 0 aliphatic carbocycles. The lowest BCUT2D eigenvalue weighted by atomic mass is 10.1. The van der Waals surface area contributed by atoms with Gasteiger partial charge in [-0.15, -0.1) is 0 Å². The summed E-state index contributed by atoms with van der Waals surface area (Å²) in [5, 5.41) is 4.14. The second-order valence-electron chi connectivity index (χ2n) is 5.27. The third-order valence-electron chi connectivity index (χ3n) is 3.70. The molecule has 2 aromatic heterocycles. The van der Waals surface area contributed by atoms with Gasteiger partial charge in [0.15, 0.2) is 5.76 Å². The number of nitrogens with one attached hydrogen (secondary N) is 1. The Bertz CT molecular complexity index is 776. The van der Waals surface area contributed by atoms with Crippen LogP contribution in [0.2, 0.25) is 0 Å². The van der Waals surface area contributed by atoms with Crippen molar-refractivity contribution in [1.82, 2.24) is 14.9 Å². The molecule has 0 unspecified atom stereocenters. The van der Waals surface area contributed by atoms with E-state index in [1.165, 1.54) is 0 Å². The first-order valence-electron chi connectivity index (χ1n) is 7.11. The fourth-order valence-corrected chi connectivity index (χ4v) is 2.54. The van der Waals surface area contributed by atoms with Gasteiger partial charge in [-0.3, -0.25) is 4.79 Å². The predicted molar refractivity (Wildman–Crippen MR) is 81.6 cm³/mol. The molecule has 6 nitrogen and oxygen atoms in total. The number of fused-ring (bicyclic) bond motifs is 1. The highest BCUT2D eigenvalue weighted by atomic mass is 16.3. The van der Waals surface area contributed by atoms with Crippen molar-refractivity contribution in [2.45, 2.75) is 6.04 Å². The van der Waals surface area contributed by atoms with Gasteiger partial charge in [0.25, 0.3) is 5.91 Å². The molecule has 3 heterocycles. The van der Waals surface area contributed by atoms with Crippen LogP contribution in [0.1, 0.15) is 10.6 Å². The lowest BCUT2D eigenvalue weighted by Gasteiger charge is -2.38. The number of nitrogens with zero attached hydrogens (tertiary/aromatic N) is 3. The Kier molecular flexibility index (Phi) is 3.00. The maximum atomic E-state index is 12.4. The van der Waals surface area contributed by atoms with Gasteiger partial charge in [-0.1, -0.05) is 18.2 Å². The molecule has 1 aliphatic heterocycles. The zero-order valence-electron chi connectivity index (χ0n) is 11.8. The molecule has 1 N–H and O–H groups in total. The number of amides is 1. The number of furan rings is 1. The maximum absolute atomic E-state index is 12.4. The van der Waals surface area contributed by atoms with E-state index in [1.807, 2.05) is 24.3 Å². The summed E-state index contributed by atoms with van der Waals surface area (Å²) in [6, 6.07) is 11.3. The minimum Gasteiger partial charge on any atom is -0.451 e. The van der Waals surface area contributed by atoms with Gasteiger partial charge < -0.3 is 14.6 Å². The van der Waals surface area contributed by atoms with Gasteiger partial charge in [0.05, 0.1) is 6.04 Å². The van der Waals surface area contributed by atoms with Gasteiger partial charge in [-0.2, -0.15) is 0 Å². The number of anilines is 1. The van der Waals surface area contributed by atoms with Gasteiger partial charge in [0.1, 0.15) is 5.58 Å². The first-order chi connectivity index (χ1) is 10.8. The Morgan fingerprint density at radius 3 is 2.73 bits per heavy atom. The van der Waals surface area contributed by atoms with Crippen LogP contribution in [-0.2, 0) is 0 Å². The summed E-state index contributed by atoms with van der Waals surface area (Å²) in [6.07, 6.45) is 3.37. The Morgan fingerprint density at radius 2 is 1.95 bits per heavy atom. The fourth-order valence-electron chi connectivity index (χ4n) is 2.54. The van der Waals surface area contributed by atoms with Gasteiger partial charge in [0.2, 0.25) is 5.95 Å². The van der Waals surface area contributed by atoms with Crippen molar-refractivity contribution in [1.29, 1.82) is 0 Å². The highest BCUT2D eigenvalue weighted by Gasteiger charge is 2.33. The van der Waals surface area contributed by atoms with E-state index in [1.54, 1.807) is 29.4 Å². The second kappa shape index (κ2) is 5.14. The van der Waals surface area contributed by atoms with Crippen molar-refractivity contribution in [3.05, 3.63) is 54.6 Å². The van der Waals surface area contributed by atoms with E-state index in [-0.39, 0.29) is 11.9 Å². The van der Waals surface area contributed by atoms with E-state index in [2.05, 4.69) is 15.3 Å². The predicted octanol–water partition coefficient (Wildman–Crippen LogP) is 2.16. The highest BCUT2D eigenvalue weighted by Crippen LogP contribution is 2.22. The number of aromatic nitrogens is 2. The molecule has 110 valence electrons. The molecule has 0 saturated carbocycles. The summed E-state index contributed by atoms with van der Waals surface area (Å²) in [4.78, 5) is 22.3. The lowest BCUT2D eigenvalue weighted by molar-refractivity contribution is 0.0594. The van der Waals surface area contributed by atoms with Gasteiger partial charge in [-0.05, 0) is 18.2 Å². The van der Waals surface area contributed by atoms with Gasteiger partial charge in [-0.25, -0.2) is 9.97 Å². The van der Waals surface area contributed by atoms with Crippen LogP contribution in [0.5, 0.6) is 0 Å². The van der Waals surface area contributed by atoms with Crippen molar-refractivity contribution in [3.8, 4) is 0 Å². The Labute approximate surface area is 126 Å². The molecule has 22 heavy (non-hydrogen) atoms. The highest BCUT2D eigenvalue weighted by molar-refractivity contribution is 5.96. The number of carbonyl (C=O) groups is 1. The quantitative estimate of drug-likeness (QED) is 0.801. The van der Waals surface area contributed by atoms with Gasteiger partial charge >= 0.3 is 0 Å². The molecule has 1 saturated heterocycles. The monoisotopic (exact) mass is 294 g/mol. The average Bonchev–Trinajstić information content (AvgIpc) is 2.95. The molecule has 1 aromatic carbocycles. The Balaban J connectivity index is 1.41. The van der Waals surface area contributed by atoms with Crippen molar-refractivity contribution in [2.24, 2.45) is 0 Å². The van der Waals surface area contributed by atoms with Gasteiger partial charge in [0, 0.05) is 30.9 Å². The molecular weight excluding hydrogens is 280 g/mol. The van der Waals surface area contributed by atoms with E-state index >= 15 is 0 Å². The minimum absolute atomic E-state index is 0.0803. The molecular formula is C16H14N4O2. The maximum Gasteiger partial charge on any atom is 0.289 e. The number of para-hydroxylation sites is 1. The van der Waals surface area contributed by atoms with E-state index < -0.39 is 0 Å².